The van der Waals surface area contributed by atoms with E-state index >= 15 is 0 Å². The van der Waals surface area contributed by atoms with Gasteiger partial charge in [0.2, 0.25) is 21.8 Å². The summed E-state index contributed by atoms with van der Waals surface area (Å²) in [6.07, 6.45) is 2.79. The van der Waals surface area contributed by atoms with Crippen molar-refractivity contribution in [3.05, 3.63) is 58.9 Å². The van der Waals surface area contributed by atoms with Crippen molar-refractivity contribution in [2.24, 2.45) is 5.92 Å². The maximum Gasteiger partial charge on any atom is 0.308 e. The van der Waals surface area contributed by atoms with Gasteiger partial charge in [-0.05, 0) is 79.1 Å². The third kappa shape index (κ3) is 8.88. The van der Waals surface area contributed by atoms with Gasteiger partial charge in [-0.15, -0.1) is 0 Å². The second kappa shape index (κ2) is 14.7. The van der Waals surface area contributed by atoms with E-state index in [-0.39, 0.29) is 35.7 Å². The normalized spacial score (nSPS) is 13.7. The van der Waals surface area contributed by atoms with Crippen LogP contribution in [0.2, 0.25) is 0 Å². The van der Waals surface area contributed by atoms with Crippen LogP contribution in [-0.2, 0) is 34.9 Å². The molecule has 1 fully saturated rings. The topological polar surface area (TPSA) is 173 Å². The van der Waals surface area contributed by atoms with Crippen molar-refractivity contribution in [2.75, 3.05) is 33.8 Å². The van der Waals surface area contributed by atoms with Gasteiger partial charge in [0.15, 0.2) is 0 Å². The highest BCUT2D eigenvalue weighted by atomic mass is 32.2. The Labute approximate surface area is 260 Å². The first-order chi connectivity index (χ1) is 21.4. The zero-order valence-corrected chi connectivity index (χ0v) is 26.1. The fraction of sp³-hybridized carbons (Fsp3) is 0.419. The van der Waals surface area contributed by atoms with Crippen LogP contribution >= 0.6 is 0 Å². The lowest BCUT2D eigenvalue weighted by atomic mass is 9.98. The number of methoxy groups -OCH3 is 1. The molecule has 0 saturated heterocycles. The molecule has 1 aromatic heterocycles. The monoisotopic (exact) mass is 644 g/mol. The van der Waals surface area contributed by atoms with Crippen molar-refractivity contribution in [3.63, 3.8) is 0 Å². The number of furan rings is 1. The van der Waals surface area contributed by atoms with Crippen LogP contribution in [-0.4, -0.2) is 65.9 Å². The van der Waals surface area contributed by atoms with Crippen molar-refractivity contribution in [1.82, 2.24) is 20.7 Å². The van der Waals surface area contributed by atoms with Gasteiger partial charge >= 0.3 is 5.97 Å². The highest BCUT2D eigenvalue weighted by Gasteiger charge is 2.31. The number of carbonyl (C=O) groups excluding carboxylic acids is 4. The molecule has 12 nitrogen and oxygen atoms in total. The summed E-state index contributed by atoms with van der Waals surface area (Å²) in [6, 6.07) is 8.89. The van der Waals surface area contributed by atoms with E-state index < -0.39 is 45.9 Å². The average Bonchev–Trinajstić information content (AvgIpc) is 3.80. The number of ether oxygens (including phenoxy) is 1. The highest BCUT2D eigenvalue weighted by molar-refractivity contribution is 7.88. The summed E-state index contributed by atoms with van der Waals surface area (Å²) < 4.78 is 52.6. The highest BCUT2D eigenvalue weighted by Crippen LogP contribution is 2.45. The SMILES string of the molecule is CNC(=O)c1c(-c2ccc(F)cc2)oc2cc(CS(=O)(=O)NCC(=O)NCC(=O)NCCCC(C)C(=O)OC)c(C3CC3)cc12. The fourth-order valence-corrected chi connectivity index (χ4v) is 6.06. The number of sulfonamides is 1. The van der Waals surface area contributed by atoms with Crippen molar-refractivity contribution in [2.45, 2.75) is 44.3 Å². The molecule has 45 heavy (non-hydrogen) atoms. The minimum atomic E-state index is -3.99. The van der Waals surface area contributed by atoms with E-state index in [9.17, 15) is 32.0 Å². The minimum Gasteiger partial charge on any atom is -0.469 e. The number of hydrogen-bond acceptors (Lipinski definition) is 8. The second-order valence-corrected chi connectivity index (χ2v) is 12.8. The number of amides is 3. The zero-order chi connectivity index (χ0) is 32.7. The molecule has 0 spiro atoms. The Morgan fingerprint density at radius 1 is 1.04 bits per heavy atom. The number of hydrogen-bond donors (Lipinski definition) is 4. The molecule has 4 rings (SSSR count). The van der Waals surface area contributed by atoms with E-state index in [4.69, 9.17) is 4.42 Å². The number of carbonyl (C=O) groups is 4. The summed E-state index contributed by atoms with van der Waals surface area (Å²) in [5.41, 5.74) is 2.30. The molecule has 1 aliphatic rings. The molecule has 3 amide bonds. The van der Waals surface area contributed by atoms with Gasteiger partial charge in [-0.1, -0.05) is 6.92 Å². The molecule has 0 radical (unpaired) electrons. The van der Waals surface area contributed by atoms with E-state index in [1.54, 1.807) is 19.1 Å². The molecule has 1 saturated carbocycles. The van der Waals surface area contributed by atoms with Gasteiger partial charge in [0.05, 0.1) is 37.4 Å². The summed E-state index contributed by atoms with van der Waals surface area (Å²) in [7, 11) is -1.19. The van der Waals surface area contributed by atoms with E-state index in [2.05, 4.69) is 25.4 Å². The van der Waals surface area contributed by atoms with Gasteiger partial charge in [0.1, 0.15) is 17.2 Å². The third-order valence-corrected chi connectivity index (χ3v) is 8.79. The maximum atomic E-state index is 13.6. The number of nitrogens with one attached hydrogen (secondary N) is 4. The van der Waals surface area contributed by atoms with Crippen molar-refractivity contribution in [3.8, 4) is 11.3 Å². The van der Waals surface area contributed by atoms with Crippen LogP contribution in [0.5, 0.6) is 0 Å². The van der Waals surface area contributed by atoms with E-state index in [0.717, 1.165) is 18.4 Å². The van der Waals surface area contributed by atoms with E-state index in [1.807, 2.05) is 0 Å². The van der Waals surface area contributed by atoms with E-state index in [0.29, 0.717) is 41.5 Å². The van der Waals surface area contributed by atoms with Gasteiger partial charge in [0.25, 0.3) is 5.91 Å². The minimum absolute atomic E-state index is 0.117. The summed E-state index contributed by atoms with van der Waals surface area (Å²) in [4.78, 5) is 48.6. The molecule has 0 bridgehead atoms. The zero-order valence-electron chi connectivity index (χ0n) is 25.3. The van der Waals surface area contributed by atoms with Crippen LogP contribution in [0.1, 0.15) is 60.0 Å². The predicted molar refractivity (Wildman–Crippen MR) is 164 cm³/mol. The van der Waals surface area contributed by atoms with Crippen LogP contribution in [0.25, 0.3) is 22.3 Å². The Kier molecular flexibility index (Phi) is 10.9. The molecule has 1 heterocycles. The first kappa shape index (κ1) is 33.6. The van der Waals surface area contributed by atoms with Gasteiger partial charge in [0, 0.05) is 24.5 Å². The third-order valence-electron chi connectivity index (χ3n) is 7.51. The molecule has 4 N–H and O–H groups in total. The average molecular weight is 645 g/mol. The van der Waals surface area contributed by atoms with Crippen LogP contribution in [0, 0.1) is 11.7 Å². The number of benzene rings is 2. The lowest BCUT2D eigenvalue weighted by molar-refractivity contribution is -0.145. The molecule has 3 aromatic rings. The van der Waals surface area contributed by atoms with Crippen LogP contribution < -0.4 is 20.7 Å². The molecular weight excluding hydrogens is 607 g/mol. The van der Waals surface area contributed by atoms with E-state index in [1.165, 1.54) is 38.4 Å². The standard InChI is InChI=1S/C31H37FN4O8S/c1-18(31(40)43-3)5-4-12-34-26(37)15-35-27(38)16-36-45(41,42)17-21-13-25-24(14-23(21)19-6-7-19)28(30(39)33-2)29(44-25)20-8-10-22(32)11-9-20/h8-11,13-14,18-19,36H,4-7,12,15-17H2,1-3H3,(H,33,39)(H,34,37)(H,35,38). The van der Waals surface area contributed by atoms with Crippen molar-refractivity contribution >= 4 is 44.7 Å². The Hall–Kier alpha value is -4.30. The molecule has 2 aromatic carbocycles. The van der Waals surface area contributed by atoms with Crippen LogP contribution in [0.15, 0.2) is 40.8 Å². The molecule has 1 unspecified atom stereocenters. The quantitative estimate of drug-likeness (QED) is 0.144. The Morgan fingerprint density at radius 2 is 1.73 bits per heavy atom. The molecule has 1 atom stereocenters. The number of halogens is 1. The lowest BCUT2D eigenvalue weighted by Gasteiger charge is -2.12. The van der Waals surface area contributed by atoms with Gasteiger partial charge in [-0.25, -0.2) is 17.5 Å². The Balaban J connectivity index is 1.39. The smallest absolute Gasteiger partial charge is 0.308 e. The number of fused-ring (bicyclic) bond motifs is 1. The Morgan fingerprint density at radius 3 is 2.38 bits per heavy atom. The van der Waals surface area contributed by atoms with Crippen LogP contribution in [0.3, 0.4) is 0 Å². The first-order valence-electron chi connectivity index (χ1n) is 14.6. The van der Waals surface area contributed by atoms with Crippen molar-refractivity contribution in [1.29, 1.82) is 0 Å². The fourth-order valence-electron chi connectivity index (χ4n) is 4.95. The number of rotatable bonds is 15. The maximum absolute atomic E-state index is 13.6. The Bertz CT molecular complexity index is 1680. The molecule has 1 aliphatic carbocycles. The summed E-state index contributed by atoms with van der Waals surface area (Å²) in [5, 5.41) is 8.12. The molecule has 0 aliphatic heterocycles. The summed E-state index contributed by atoms with van der Waals surface area (Å²) in [6.45, 7) is 1.13. The lowest BCUT2D eigenvalue weighted by Crippen LogP contribution is -2.42. The second-order valence-electron chi connectivity index (χ2n) is 11.0. The summed E-state index contributed by atoms with van der Waals surface area (Å²) >= 11 is 0. The van der Waals surface area contributed by atoms with Gasteiger partial charge < -0.3 is 25.1 Å². The first-order valence-corrected chi connectivity index (χ1v) is 16.2. The van der Waals surface area contributed by atoms with Gasteiger partial charge in [-0.3, -0.25) is 19.2 Å². The number of esters is 1. The van der Waals surface area contributed by atoms with Crippen molar-refractivity contribution < 1.29 is 41.1 Å². The van der Waals surface area contributed by atoms with Gasteiger partial charge in [-0.2, -0.15) is 0 Å². The summed E-state index contributed by atoms with van der Waals surface area (Å²) in [5.74, 6) is -2.67. The molecule has 242 valence electrons. The largest absolute Gasteiger partial charge is 0.469 e. The molecular formula is C31H37FN4O8S. The predicted octanol–water partition coefficient (Wildman–Crippen LogP) is 2.72. The molecule has 14 heteroatoms. The van der Waals surface area contributed by atoms with Crippen LogP contribution in [0.4, 0.5) is 4.39 Å².